The number of nitrogens with zero attached hydrogens (tertiary/aromatic N) is 3. The number of hydrogen-bond acceptors (Lipinski definition) is 4. The van der Waals surface area contributed by atoms with Crippen LogP contribution in [0.15, 0.2) is 29.1 Å². The van der Waals surface area contributed by atoms with Crippen molar-refractivity contribution >= 4 is 24.1 Å². The average Bonchev–Trinajstić information content (AvgIpc) is 2.77. The molecule has 1 aliphatic carbocycles. The molecule has 0 radical (unpaired) electrons. The molecule has 1 aliphatic heterocycles. The molecule has 4 atom stereocenters. The molecule has 2 fully saturated rings. The Bertz CT molecular complexity index is 1070. The highest BCUT2D eigenvalue weighted by Crippen LogP contribution is 2.33. The summed E-state index contributed by atoms with van der Waals surface area (Å²) < 4.78 is 13.4. The molecule has 7 nitrogen and oxygen atoms in total. The second-order valence-electron chi connectivity index (χ2n) is 10.3. The molecular formula is C25H38N3O4P. The van der Waals surface area contributed by atoms with E-state index in [1.54, 1.807) is 18.2 Å². The van der Waals surface area contributed by atoms with Gasteiger partial charge in [0.05, 0.1) is 11.0 Å². The zero-order chi connectivity index (χ0) is 23.6. The van der Waals surface area contributed by atoms with E-state index >= 15 is 0 Å². The third kappa shape index (κ3) is 5.76. The minimum Gasteiger partial charge on any atom is -0.320 e. The van der Waals surface area contributed by atoms with Gasteiger partial charge in [0.25, 0.3) is 5.56 Å². The van der Waals surface area contributed by atoms with Crippen molar-refractivity contribution in [3.8, 4) is 0 Å². The van der Waals surface area contributed by atoms with Crippen LogP contribution in [0, 0.1) is 11.8 Å². The smallest absolute Gasteiger partial charge is 0.320 e. The van der Waals surface area contributed by atoms with Crippen LogP contribution in [0.1, 0.15) is 71.6 Å². The molecule has 0 bridgehead atoms. The van der Waals surface area contributed by atoms with Gasteiger partial charge in [-0.1, -0.05) is 44.7 Å². The van der Waals surface area contributed by atoms with Gasteiger partial charge < -0.3 is 14.4 Å². The van der Waals surface area contributed by atoms with Gasteiger partial charge in [-0.3, -0.25) is 14.3 Å². The first kappa shape index (κ1) is 24.6. The summed E-state index contributed by atoms with van der Waals surface area (Å²) in [6.45, 7) is 6.23. The molecule has 1 aromatic heterocycles. The topological polar surface area (TPSA) is 95.7 Å². The van der Waals surface area contributed by atoms with Crippen LogP contribution in [-0.2, 0) is 11.1 Å². The Hall–Kier alpha value is -1.53. The highest BCUT2D eigenvalue weighted by atomic mass is 31.2. The summed E-state index contributed by atoms with van der Waals surface area (Å²) in [5.74, 6) is 1.66. The van der Waals surface area contributed by atoms with E-state index in [1.165, 1.54) is 49.5 Å². The van der Waals surface area contributed by atoms with Crippen molar-refractivity contribution < 1.29 is 14.4 Å². The first-order chi connectivity index (χ1) is 15.7. The number of hydrogen-bond donors (Lipinski definition) is 2. The van der Waals surface area contributed by atoms with E-state index in [0.717, 1.165) is 31.2 Å². The predicted molar refractivity (Wildman–Crippen MR) is 132 cm³/mol. The highest BCUT2D eigenvalue weighted by molar-refractivity contribution is 7.59. The lowest BCUT2D eigenvalue weighted by atomic mass is 9.80. The third-order valence-electron chi connectivity index (χ3n) is 7.83. The van der Waals surface area contributed by atoms with Gasteiger partial charge >= 0.3 is 7.60 Å². The molecule has 1 aromatic carbocycles. The van der Waals surface area contributed by atoms with Gasteiger partial charge in [0, 0.05) is 18.6 Å². The molecular weight excluding hydrogens is 437 g/mol. The van der Waals surface area contributed by atoms with Gasteiger partial charge in [0.1, 0.15) is 0 Å². The van der Waals surface area contributed by atoms with Gasteiger partial charge in [-0.2, -0.15) is 0 Å². The van der Waals surface area contributed by atoms with Crippen LogP contribution < -0.4 is 11.0 Å². The third-order valence-corrected chi connectivity index (χ3v) is 8.68. The fraction of sp³-hybridized carbons (Fsp3) is 0.680. The monoisotopic (exact) mass is 475 g/mol. The molecule has 182 valence electrons. The van der Waals surface area contributed by atoms with Crippen molar-refractivity contribution in [1.29, 1.82) is 0 Å². The number of fused-ring (bicyclic) bond motifs is 1. The second-order valence-corrected chi connectivity index (χ2v) is 11.8. The Morgan fingerprint density at radius 2 is 1.79 bits per heavy atom. The van der Waals surface area contributed by atoms with Gasteiger partial charge in [-0.15, -0.1) is 0 Å². The van der Waals surface area contributed by atoms with Gasteiger partial charge in [-0.05, 0) is 69.5 Å². The van der Waals surface area contributed by atoms with Gasteiger partial charge in [0.2, 0.25) is 5.44 Å². The normalized spacial score (nSPS) is 27.2. The first-order valence-corrected chi connectivity index (χ1v) is 14.2. The van der Waals surface area contributed by atoms with Crippen molar-refractivity contribution in [2.75, 3.05) is 6.54 Å². The number of rotatable bonds is 7. The van der Waals surface area contributed by atoms with E-state index < -0.39 is 18.6 Å². The quantitative estimate of drug-likeness (QED) is 0.587. The summed E-state index contributed by atoms with van der Waals surface area (Å²) in [7, 11) is -4.75. The molecule has 4 rings (SSSR count). The summed E-state index contributed by atoms with van der Waals surface area (Å²) in [6.07, 6.45) is 10.9. The van der Waals surface area contributed by atoms with Crippen molar-refractivity contribution in [2.24, 2.45) is 11.8 Å². The minimum atomic E-state index is -4.75. The van der Waals surface area contributed by atoms with E-state index in [2.05, 4.69) is 23.7 Å². The number of benzene rings is 1. The Balaban J connectivity index is 1.52. The lowest BCUT2D eigenvalue weighted by molar-refractivity contribution is 0.0734. The first-order valence-electron chi connectivity index (χ1n) is 12.6. The van der Waals surface area contributed by atoms with Crippen molar-refractivity contribution in [3.05, 3.63) is 34.6 Å². The average molecular weight is 476 g/mol. The zero-order valence-corrected chi connectivity index (χ0v) is 20.8. The van der Waals surface area contributed by atoms with E-state index in [4.69, 9.17) is 0 Å². The Morgan fingerprint density at radius 3 is 2.55 bits per heavy atom. The SMILES string of the molecule is C[C@@H]1CCC[C@H](CCN2[C@@H](CCn3c(=O)c(P(=O)(O)O)nc4ccccc43)CCC[C@H]2C)C1. The van der Waals surface area contributed by atoms with E-state index in [9.17, 15) is 19.1 Å². The fourth-order valence-corrected chi connectivity index (χ4v) is 6.68. The zero-order valence-electron chi connectivity index (χ0n) is 19.9. The van der Waals surface area contributed by atoms with E-state index in [1.807, 2.05) is 6.07 Å². The molecule has 2 heterocycles. The molecule has 8 heteroatoms. The number of aryl methyl sites for hydroxylation is 1. The van der Waals surface area contributed by atoms with Crippen LogP contribution in [0.3, 0.4) is 0 Å². The van der Waals surface area contributed by atoms with Crippen molar-refractivity contribution in [2.45, 2.75) is 90.3 Å². The van der Waals surface area contributed by atoms with Crippen LogP contribution in [0.4, 0.5) is 0 Å². The molecule has 0 unspecified atom stereocenters. The van der Waals surface area contributed by atoms with Gasteiger partial charge in [-0.25, -0.2) is 4.98 Å². The van der Waals surface area contributed by atoms with E-state index in [0.29, 0.717) is 29.7 Å². The Morgan fingerprint density at radius 1 is 1.03 bits per heavy atom. The highest BCUT2D eigenvalue weighted by Gasteiger charge is 2.30. The number of aromatic nitrogens is 2. The maximum atomic E-state index is 13.0. The largest absolute Gasteiger partial charge is 0.380 e. The summed E-state index contributed by atoms with van der Waals surface area (Å²) >= 11 is 0. The lowest BCUT2D eigenvalue weighted by Gasteiger charge is -2.42. The lowest BCUT2D eigenvalue weighted by Crippen LogP contribution is -2.47. The van der Waals surface area contributed by atoms with Crippen LogP contribution in [0.2, 0.25) is 0 Å². The molecule has 1 saturated heterocycles. The van der Waals surface area contributed by atoms with Crippen LogP contribution in [0.25, 0.3) is 11.0 Å². The molecule has 0 amide bonds. The summed E-state index contributed by atoms with van der Waals surface area (Å²) in [4.78, 5) is 39.0. The summed E-state index contributed by atoms with van der Waals surface area (Å²) in [5.41, 5.74) is -0.253. The molecule has 2 aromatic rings. The maximum absolute atomic E-state index is 13.0. The van der Waals surface area contributed by atoms with Crippen LogP contribution in [-0.4, -0.2) is 42.9 Å². The van der Waals surface area contributed by atoms with Crippen molar-refractivity contribution in [1.82, 2.24) is 14.5 Å². The Labute approximate surface area is 196 Å². The fourth-order valence-electron chi connectivity index (χ4n) is 6.08. The van der Waals surface area contributed by atoms with Crippen LogP contribution >= 0.6 is 7.60 Å². The summed E-state index contributed by atoms with van der Waals surface area (Å²) in [5, 5.41) is 0. The minimum absolute atomic E-state index is 0.382. The van der Waals surface area contributed by atoms with E-state index in [-0.39, 0.29) is 0 Å². The molecule has 2 aliphatic rings. The molecule has 1 saturated carbocycles. The second kappa shape index (κ2) is 10.4. The maximum Gasteiger partial charge on any atom is 0.380 e. The molecule has 2 N–H and O–H groups in total. The molecule has 33 heavy (non-hydrogen) atoms. The number of piperidine rings is 1. The van der Waals surface area contributed by atoms with Crippen molar-refractivity contribution in [3.63, 3.8) is 0 Å². The standard InChI is InChI=1S/C25H38N3O4P/c1-18-7-5-9-20(17-18)13-15-27-19(2)8-6-10-21(27)14-16-28-23-12-4-3-11-22(23)26-24(25(28)29)33(30,31)32/h3-4,11-12,18-21H,5-10,13-17H2,1-2H3,(H2,30,31,32)/t18-,19-,20-,21-/m1/s1. The number of para-hydroxylation sites is 2. The summed E-state index contributed by atoms with van der Waals surface area (Å²) in [6, 6.07) is 8.01. The van der Waals surface area contributed by atoms with Gasteiger partial charge in [0.15, 0.2) is 0 Å². The number of likely N-dealkylation sites (tertiary alicyclic amines) is 1. The predicted octanol–water partition coefficient (Wildman–Crippen LogP) is 4.05. The van der Waals surface area contributed by atoms with Crippen LogP contribution in [0.5, 0.6) is 0 Å². The molecule has 0 spiro atoms. The Kier molecular flexibility index (Phi) is 7.74.